The molecule has 3 heterocycles. The van der Waals surface area contributed by atoms with Gasteiger partial charge in [0.1, 0.15) is 18.1 Å². The lowest BCUT2D eigenvalue weighted by molar-refractivity contribution is 0.0944. The largest absolute Gasteiger partial charge is 0.497 e. The van der Waals surface area contributed by atoms with Crippen molar-refractivity contribution in [3.05, 3.63) is 72.3 Å². The zero-order chi connectivity index (χ0) is 27.9. The third-order valence-corrected chi connectivity index (χ3v) is 6.86. The molecule has 1 amide bonds. The minimum Gasteiger partial charge on any atom is -0.497 e. The molecule has 2 aromatic carbocycles. The molecule has 0 spiro atoms. The lowest BCUT2D eigenvalue weighted by Crippen LogP contribution is -2.39. The molecule has 1 aliphatic rings. The lowest BCUT2D eigenvalue weighted by atomic mass is 9.96. The Hall–Kier alpha value is -4.51. The number of benzene rings is 2. The maximum Gasteiger partial charge on any atom is 0.251 e. The van der Waals surface area contributed by atoms with E-state index in [0.29, 0.717) is 42.5 Å². The summed E-state index contributed by atoms with van der Waals surface area (Å²) in [6, 6.07) is 14.5. The minimum absolute atomic E-state index is 0.124. The van der Waals surface area contributed by atoms with Crippen molar-refractivity contribution in [3.63, 3.8) is 0 Å². The van der Waals surface area contributed by atoms with Gasteiger partial charge in [0.2, 0.25) is 0 Å². The molecular formula is C29H31FN6O4. The van der Waals surface area contributed by atoms with Crippen LogP contribution in [-0.4, -0.2) is 71.1 Å². The Kier molecular flexibility index (Phi) is 8.50. The van der Waals surface area contributed by atoms with E-state index < -0.39 is 5.82 Å². The minimum atomic E-state index is -0.461. The van der Waals surface area contributed by atoms with Crippen LogP contribution in [0.2, 0.25) is 0 Å². The Bertz CT molecular complexity index is 1440. The monoisotopic (exact) mass is 546 g/mol. The Morgan fingerprint density at radius 3 is 2.70 bits per heavy atom. The van der Waals surface area contributed by atoms with Crippen LogP contribution in [0.3, 0.4) is 0 Å². The first-order valence-electron chi connectivity index (χ1n) is 13.1. The van der Waals surface area contributed by atoms with Gasteiger partial charge in [-0.05, 0) is 43.0 Å². The molecule has 208 valence electrons. The highest BCUT2D eigenvalue weighted by Gasteiger charge is 2.24. The van der Waals surface area contributed by atoms with Crippen LogP contribution in [0.1, 0.15) is 23.2 Å². The van der Waals surface area contributed by atoms with Crippen LogP contribution in [0.4, 0.5) is 10.2 Å². The quantitative estimate of drug-likeness (QED) is 0.275. The number of ether oxygens (including phenoxy) is 2. The number of rotatable bonds is 10. The number of hydrogen-bond donors (Lipinski definition) is 3. The highest BCUT2D eigenvalue weighted by atomic mass is 19.1. The Morgan fingerprint density at radius 2 is 1.95 bits per heavy atom. The number of H-pyrrole nitrogens is 1. The number of methoxy groups -OCH3 is 1. The van der Waals surface area contributed by atoms with E-state index in [0.717, 1.165) is 29.7 Å². The fourth-order valence-electron chi connectivity index (χ4n) is 4.72. The fourth-order valence-corrected chi connectivity index (χ4v) is 4.72. The number of aliphatic hydroxyl groups excluding tert-OH is 1. The summed E-state index contributed by atoms with van der Waals surface area (Å²) in [5, 5.41) is 18.9. The van der Waals surface area contributed by atoms with Crippen LogP contribution in [0.25, 0.3) is 22.6 Å². The number of aromatic amines is 1. The molecule has 4 aromatic rings. The summed E-state index contributed by atoms with van der Waals surface area (Å²) in [5.41, 5.74) is 3.01. The molecule has 0 unspecified atom stereocenters. The second-order valence-corrected chi connectivity index (χ2v) is 9.53. The number of piperidine rings is 1. The number of hydrogen-bond acceptors (Lipinski definition) is 8. The molecule has 40 heavy (non-hydrogen) atoms. The summed E-state index contributed by atoms with van der Waals surface area (Å²) < 4.78 is 25.5. The molecule has 1 saturated heterocycles. The Balaban J connectivity index is 1.20. The molecular weight excluding hydrogens is 515 g/mol. The first-order chi connectivity index (χ1) is 19.5. The molecule has 1 aliphatic heterocycles. The normalized spacial score (nSPS) is 13.7. The standard InChI is InChI=1S/C29H31FN6O4/c1-39-23-14-22(15-24(16-23)40-12-11-37)29(38)32-17-19-6-9-36(10-7-19)28-25(30)18-31-27(34-28)21-4-2-3-20(13-21)26-5-8-33-35-26/h2-5,8,13-16,18-19,37H,6-7,9-12,17H2,1H3,(H,32,38)(H,33,35). The van der Waals surface area contributed by atoms with Crippen LogP contribution in [0.5, 0.6) is 11.5 Å². The van der Waals surface area contributed by atoms with Gasteiger partial charge in [-0.2, -0.15) is 5.10 Å². The highest BCUT2D eigenvalue weighted by molar-refractivity contribution is 5.95. The van der Waals surface area contributed by atoms with Gasteiger partial charge in [-0.25, -0.2) is 14.4 Å². The fraction of sp³-hybridized carbons (Fsp3) is 0.310. The number of halogens is 1. The summed E-state index contributed by atoms with van der Waals surface area (Å²) in [6.07, 6.45) is 4.46. The van der Waals surface area contributed by atoms with Crippen LogP contribution in [0.15, 0.2) is 60.9 Å². The zero-order valence-corrected chi connectivity index (χ0v) is 22.1. The predicted molar refractivity (Wildman–Crippen MR) is 148 cm³/mol. The van der Waals surface area contributed by atoms with Crippen molar-refractivity contribution in [2.24, 2.45) is 5.92 Å². The molecule has 2 aromatic heterocycles. The SMILES string of the molecule is COc1cc(OCCO)cc(C(=O)NCC2CCN(c3nc(-c4cccc(-c5ccn[nH]5)c4)ncc3F)CC2)c1. The van der Waals surface area contributed by atoms with Crippen LogP contribution in [-0.2, 0) is 0 Å². The summed E-state index contributed by atoms with van der Waals surface area (Å²) in [6.45, 7) is 1.71. The number of carbonyl (C=O) groups excluding carboxylic acids is 1. The van der Waals surface area contributed by atoms with E-state index in [1.807, 2.05) is 35.2 Å². The molecule has 0 bridgehead atoms. The summed E-state index contributed by atoms with van der Waals surface area (Å²) in [7, 11) is 1.52. The number of aromatic nitrogens is 4. The van der Waals surface area contributed by atoms with E-state index in [4.69, 9.17) is 14.6 Å². The third kappa shape index (κ3) is 6.37. The van der Waals surface area contributed by atoms with E-state index in [1.54, 1.807) is 24.4 Å². The predicted octanol–water partition coefficient (Wildman–Crippen LogP) is 3.70. The number of aliphatic hydroxyl groups is 1. The third-order valence-electron chi connectivity index (χ3n) is 6.86. The molecule has 0 aliphatic carbocycles. The van der Waals surface area contributed by atoms with E-state index in [2.05, 4.69) is 25.5 Å². The first-order valence-corrected chi connectivity index (χ1v) is 13.1. The number of carbonyl (C=O) groups is 1. The van der Waals surface area contributed by atoms with E-state index >= 15 is 0 Å². The van der Waals surface area contributed by atoms with Gasteiger partial charge in [-0.3, -0.25) is 9.89 Å². The zero-order valence-electron chi connectivity index (χ0n) is 22.1. The average molecular weight is 547 g/mol. The van der Waals surface area contributed by atoms with Crippen molar-refractivity contribution < 1.29 is 23.8 Å². The molecule has 0 atom stereocenters. The van der Waals surface area contributed by atoms with Gasteiger partial charge < -0.3 is 24.8 Å². The average Bonchev–Trinajstić information content (AvgIpc) is 3.55. The van der Waals surface area contributed by atoms with Gasteiger partial charge in [-0.15, -0.1) is 0 Å². The Morgan fingerprint density at radius 1 is 1.15 bits per heavy atom. The molecule has 3 N–H and O–H groups in total. The summed E-state index contributed by atoms with van der Waals surface area (Å²) >= 11 is 0. The molecule has 0 saturated carbocycles. The van der Waals surface area contributed by atoms with Crippen molar-refractivity contribution >= 4 is 11.7 Å². The van der Waals surface area contributed by atoms with Crippen LogP contribution in [0, 0.1) is 11.7 Å². The molecule has 5 rings (SSSR count). The molecule has 0 radical (unpaired) electrons. The van der Waals surface area contributed by atoms with Crippen molar-refractivity contribution in [1.29, 1.82) is 0 Å². The number of nitrogens with zero attached hydrogens (tertiary/aromatic N) is 4. The first kappa shape index (κ1) is 27.1. The molecule has 10 nitrogen and oxygen atoms in total. The number of amides is 1. The smallest absolute Gasteiger partial charge is 0.251 e. The van der Waals surface area contributed by atoms with Gasteiger partial charge in [0, 0.05) is 48.6 Å². The van der Waals surface area contributed by atoms with Crippen molar-refractivity contribution in [2.75, 3.05) is 44.9 Å². The van der Waals surface area contributed by atoms with Gasteiger partial charge in [0.15, 0.2) is 17.5 Å². The van der Waals surface area contributed by atoms with Crippen molar-refractivity contribution in [3.8, 4) is 34.1 Å². The maximum absolute atomic E-state index is 14.8. The van der Waals surface area contributed by atoms with Crippen LogP contribution >= 0.6 is 0 Å². The van der Waals surface area contributed by atoms with Crippen molar-refractivity contribution in [1.82, 2.24) is 25.5 Å². The summed E-state index contributed by atoms with van der Waals surface area (Å²) in [5.74, 6) is 1.22. The van der Waals surface area contributed by atoms with Gasteiger partial charge in [-0.1, -0.05) is 18.2 Å². The molecule has 11 heteroatoms. The molecule has 1 fully saturated rings. The van der Waals surface area contributed by atoms with E-state index in [9.17, 15) is 9.18 Å². The number of nitrogens with one attached hydrogen (secondary N) is 2. The highest BCUT2D eigenvalue weighted by Crippen LogP contribution is 2.28. The Labute approximate surface area is 231 Å². The van der Waals surface area contributed by atoms with Gasteiger partial charge in [0.25, 0.3) is 5.91 Å². The summed E-state index contributed by atoms with van der Waals surface area (Å²) in [4.78, 5) is 23.6. The van der Waals surface area contributed by atoms with Crippen molar-refractivity contribution in [2.45, 2.75) is 12.8 Å². The second kappa shape index (κ2) is 12.6. The van der Waals surface area contributed by atoms with E-state index in [-0.39, 0.29) is 30.9 Å². The second-order valence-electron chi connectivity index (χ2n) is 9.53. The van der Waals surface area contributed by atoms with Gasteiger partial charge in [0.05, 0.1) is 25.6 Å². The van der Waals surface area contributed by atoms with Gasteiger partial charge >= 0.3 is 0 Å². The maximum atomic E-state index is 14.8. The van der Waals surface area contributed by atoms with Crippen LogP contribution < -0.4 is 19.7 Å². The topological polar surface area (TPSA) is 125 Å². The van der Waals surface area contributed by atoms with E-state index in [1.165, 1.54) is 13.3 Å². The lowest BCUT2D eigenvalue weighted by Gasteiger charge is -2.33. The number of anilines is 1.